The van der Waals surface area contributed by atoms with Gasteiger partial charge < -0.3 is 54.0 Å². The lowest BCUT2D eigenvalue weighted by molar-refractivity contribution is -0.145. The van der Waals surface area contributed by atoms with E-state index in [0.29, 0.717) is 17.5 Å². The second-order valence-corrected chi connectivity index (χ2v) is 13.5. The first-order valence-corrected chi connectivity index (χ1v) is 18.2. The number of likely N-dealkylation sites (tertiary alicyclic amines) is 1. The lowest BCUT2D eigenvalue weighted by Crippen LogP contribution is -2.57. The molecule has 2 aromatic carbocycles. The molecule has 0 bridgehead atoms. The average Bonchev–Trinajstić information content (AvgIpc) is 3.67. The smallest absolute Gasteiger partial charge is 0.326 e. The molecule has 4 atom stereocenters. The highest BCUT2D eigenvalue weighted by atomic mass is 16.4. The largest absolute Gasteiger partial charge is 0.481 e. The normalized spacial score (nSPS) is 15.9. The third kappa shape index (κ3) is 11.3. The Kier molecular flexibility index (Phi) is 14.8. The van der Waals surface area contributed by atoms with Gasteiger partial charge in [0.2, 0.25) is 29.3 Å². The monoisotopic (exact) mass is 790 g/mol. The fraction of sp³-hybridized carbons (Fsp3) is 0.405. The number of aliphatic imine (C=N–C) groups is 2. The van der Waals surface area contributed by atoms with Crippen molar-refractivity contribution in [2.45, 2.75) is 75.5 Å². The Labute approximate surface area is 326 Å². The number of Topliss-reactive ketones (excluding diaryl/α,β-unsaturated/α-hetero) is 2. The van der Waals surface area contributed by atoms with Gasteiger partial charge in [0.05, 0.1) is 0 Å². The maximum absolute atomic E-state index is 14.1. The summed E-state index contributed by atoms with van der Waals surface area (Å²) in [6.45, 7) is 0.298. The van der Waals surface area contributed by atoms with Crippen LogP contribution in [0.2, 0.25) is 0 Å². The molecule has 304 valence electrons. The van der Waals surface area contributed by atoms with Gasteiger partial charge >= 0.3 is 11.9 Å². The number of guanidine groups is 2. The maximum Gasteiger partial charge on any atom is 0.326 e. The van der Waals surface area contributed by atoms with Crippen molar-refractivity contribution in [2.24, 2.45) is 32.9 Å². The molecule has 57 heavy (non-hydrogen) atoms. The number of amides is 4. The van der Waals surface area contributed by atoms with Crippen molar-refractivity contribution >= 4 is 59.1 Å². The SMILES string of the molecule is NC(N)=NCCC[C@H](NC(=O)[C@@H]1CCCN1C(=O)[C@H](CCCN=C(N)N)NC(=O)[C@H](CCC(=O)O)NC(=O)c1ccc2c(c1)C(=O)C(=O)c1ccccc1-2)C(=O)O. The number of nitrogens with two attached hydrogens (primary N) is 4. The van der Waals surface area contributed by atoms with Crippen LogP contribution in [0.1, 0.15) is 82.4 Å². The molecule has 1 fully saturated rings. The fourth-order valence-electron chi connectivity index (χ4n) is 6.61. The molecule has 0 radical (unpaired) electrons. The van der Waals surface area contributed by atoms with Gasteiger partial charge in [-0.3, -0.25) is 43.5 Å². The average molecular weight is 791 g/mol. The molecular weight excluding hydrogens is 744 g/mol. The van der Waals surface area contributed by atoms with Crippen molar-refractivity contribution in [3.8, 4) is 11.1 Å². The summed E-state index contributed by atoms with van der Waals surface area (Å²) in [6, 6.07) is 5.44. The van der Waals surface area contributed by atoms with Crippen molar-refractivity contribution in [1.82, 2.24) is 20.9 Å². The minimum Gasteiger partial charge on any atom is -0.481 e. The Bertz CT molecular complexity index is 1970. The Morgan fingerprint density at radius 1 is 0.737 bits per heavy atom. The van der Waals surface area contributed by atoms with E-state index >= 15 is 0 Å². The second kappa shape index (κ2) is 19.6. The van der Waals surface area contributed by atoms with Crippen LogP contribution in [0, 0.1) is 0 Å². The third-order valence-corrected chi connectivity index (χ3v) is 9.42. The quantitative estimate of drug-likeness (QED) is 0.0351. The van der Waals surface area contributed by atoms with Crippen LogP contribution in [0.25, 0.3) is 11.1 Å². The zero-order valence-corrected chi connectivity index (χ0v) is 30.9. The lowest BCUT2D eigenvalue weighted by Gasteiger charge is -2.30. The number of nitrogens with one attached hydrogen (secondary N) is 3. The van der Waals surface area contributed by atoms with Crippen LogP contribution in [0.5, 0.6) is 0 Å². The van der Waals surface area contributed by atoms with E-state index in [-0.39, 0.29) is 80.3 Å². The number of nitrogens with zero attached hydrogens (tertiary/aromatic N) is 3. The van der Waals surface area contributed by atoms with Crippen LogP contribution in [0.15, 0.2) is 52.4 Å². The van der Waals surface area contributed by atoms with E-state index in [9.17, 15) is 48.6 Å². The molecule has 1 saturated heterocycles. The number of fused-ring (bicyclic) bond motifs is 3. The summed E-state index contributed by atoms with van der Waals surface area (Å²) < 4.78 is 0. The molecule has 0 saturated carbocycles. The van der Waals surface area contributed by atoms with Crippen molar-refractivity contribution in [1.29, 1.82) is 0 Å². The van der Waals surface area contributed by atoms with Gasteiger partial charge in [-0.05, 0) is 68.2 Å². The Morgan fingerprint density at radius 3 is 1.95 bits per heavy atom. The van der Waals surface area contributed by atoms with E-state index in [1.807, 2.05) is 0 Å². The number of aliphatic carboxylic acids is 2. The highest BCUT2D eigenvalue weighted by Gasteiger charge is 2.39. The van der Waals surface area contributed by atoms with Gasteiger partial charge in [0.25, 0.3) is 5.91 Å². The first-order chi connectivity index (χ1) is 27.1. The van der Waals surface area contributed by atoms with E-state index in [4.69, 9.17) is 22.9 Å². The summed E-state index contributed by atoms with van der Waals surface area (Å²) in [5.41, 5.74) is 22.6. The third-order valence-electron chi connectivity index (χ3n) is 9.42. The second-order valence-electron chi connectivity index (χ2n) is 13.5. The number of carbonyl (C=O) groups is 8. The van der Waals surface area contributed by atoms with Crippen molar-refractivity contribution in [3.63, 3.8) is 0 Å². The number of benzene rings is 2. The van der Waals surface area contributed by atoms with Crippen molar-refractivity contribution < 1.29 is 48.6 Å². The lowest BCUT2D eigenvalue weighted by atomic mass is 9.83. The zero-order valence-electron chi connectivity index (χ0n) is 30.9. The molecule has 13 N–H and O–H groups in total. The van der Waals surface area contributed by atoms with Crippen molar-refractivity contribution in [2.75, 3.05) is 19.6 Å². The number of carboxylic acids is 2. The molecule has 2 aromatic rings. The number of hydrogen-bond donors (Lipinski definition) is 9. The highest BCUT2D eigenvalue weighted by Crippen LogP contribution is 2.34. The fourth-order valence-corrected chi connectivity index (χ4v) is 6.61. The molecule has 4 rings (SSSR count). The minimum absolute atomic E-state index is 0.000704. The standard InChI is InChI=1S/C37H46N10O10/c38-36(39)42-15-3-8-25(34(55)47-17-5-10-27(47)33(54)46-26(35(56)57)9-4-16-43-37(40)41)45-32(53)24(13-14-28(48)49)44-31(52)19-11-12-21-20-6-1-2-7-22(20)29(50)30(51)23(21)18-19/h1-2,6-7,11-12,18,24-27H,3-5,8-10,13-17H2,(H,44,52)(H,45,53)(H,46,54)(H,48,49)(H,56,57)(H4,38,39,42)(H4,40,41,43)/t24-,25-,26-,27-/m0/s1. The van der Waals surface area contributed by atoms with Crippen LogP contribution in [-0.2, 0) is 24.0 Å². The van der Waals surface area contributed by atoms with Crippen molar-refractivity contribution in [3.05, 3.63) is 59.2 Å². The minimum atomic E-state index is -1.50. The van der Waals surface area contributed by atoms with E-state index in [1.165, 1.54) is 29.2 Å². The van der Waals surface area contributed by atoms with Gasteiger partial charge in [0.1, 0.15) is 24.2 Å². The van der Waals surface area contributed by atoms with Gasteiger partial charge in [0.15, 0.2) is 11.9 Å². The Hall–Kier alpha value is -6.86. The molecule has 0 spiro atoms. The molecule has 4 amide bonds. The number of carbonyl (C=O) groups excluding carboxylic acids is 6. The van der Waals surface area contributed by atoms with Gasteiger partial charge in [-0.1, -0.05) is 30.3 Å². The highest BCUT2D eigenvalue weighted by molar-refractivity contribution is 6.53. The molecule has 20 heteroatoms. The molecule has 20 nitrogen and oxygen atoms in total. The summed E-state index contributed by atoms with van der Waals surface area (Å²) in [6.07, 6.45) is 0.00348. The molecule has 0 unspecified atom stereocenters. The first-order valence-electron chi connectivity index (χ1n) is 18.2. The molecule has 1 aliphatic carbocycles. The summed E-state index contributed by atoms with van der Waals surface area (Å²) in [4.78, 5) is 113. The van der Waals surface area contributed by atoms with Gasteiger partial charge in [-0.15, -0.1) is 0 Å². The molecule has 1 heterocycles. The van der Waals surface area contributed by atoms with Gasteiger partial charge in [-0.25, -0.2) is 4.79 Å². The number of hydrogen-bond acceptors (Lipinski definition) is 10. The van der Waals surface area contributed by atoms with E-state index in [2.05, 4.69) is 25.9 Å². The zero-order chi connectivity index (χ0) is 41.8. The summed E-state index contributed by atoms with van der Waals surface area (Å²) in [7, 11) is 0. The molecule has 1 aliphatic heterocycles. The Morgan fingerprint density at radius 2 is 1.33 bits per heavy atom. The predicted molar refractivity (Wildman–Crippen MR) is 205 cm³/mol. The van der Waals surface area contributed by atoms with Gasteiger partial charge in [-0.2, -0.15) is 0 Å². The first kappa shape index (κ1) is 42.9. The van der Waals surface area contributed by atoms with E-state index in [0.717, 1.165) is 0 Å². The summed E-state index contributed by atoms with van der Waals surface area (Å²) in [5.74, 6) is -7.71. The Balaban J connectivity index is 1.54. The topological polar surface area (TPSA) is 345 Å². The number of rotatable bonds is 19. The molecule has 0 aromatic heterocycles. The van der Waals surface area contributed by atoms with Crippen LogP contribution >= 0.6 is 0 Å². The van der Waals surface area contributed by atoms with Crippen LogP contribution in [0.4, 0.5) is 0 Å². The predicted octanol–water partition coefficient (Wildman–Crippen LogP) is -1.15. The van der Waals surface area contributed by atoms with Crippen LogP contribution < -0.4 is 38.9 Å². The number of ketones is 2. The summed E-state index contributed by atoms with van der Waals surface area (Å²) in [5, 5.41) is 26.7. The van der Waals surface area contributed by atoms with Crippen LogP contribution in [-0.4, -0.2) is 118 Å². The van der Waals surface area contributed by atoms with Gasteiger partial charge in [0, 0.05) is 42.7 Å². The molecular formula is C37H46N10O10. The summed E-state index contributed by atoms with van der Waals surface area (Å²) >= 11 is 0. The molecule has 2 aliphatic rings. The van der Waals surface area contributed by atoms with E-state index in [1.54, 1.807) is 18.2 Å². The van der Waals surface area contributed by atoms with E-state index < -0.39 is 84.1 Å². The van der Waals surface area contributed by atoms with Crippen LogP contribution in [0.3, 0.4) is 0 Å². The number of carboxylic acid groups (broad SMARTS) is 2. The maximum atomic E-state index is 14.1.